The van der Waals surface area contributed by atoms with Crippen molar-refractivity contribution in [3.05, 3.63) is 30.1 Å². The van der Waals surface area contributed by atoms with Crippen molar-refractivity contribution in [2.75, 3.05) is 48.3 Å². The minimum absolute atomic E-state index is 0.0833. The summed E-state index contributed by atoms with van der Waals surface area (Å²) in [5.74, 6) is 0.566. The minimum atomic E-state index is -3.73. The Hall–Kier alpha value is -2.83. The molecule has 0 bridgehead atoms. The van der Waals surface area contributed by atoms with Gasteiger partial charge in [-0.2, -0.15) is 4.31 Å². The van der Waals surface area contributed by atoms with Crippen LogP contribution in [-0.2, 0) is 10.0 Å². The number of hydrogen-bond donors (Lipinski definition) is 3. The highest BCUT2D eigenvalue weighted by Crippen LogP contribution is 2.54. The van der Waals surface area contributed by atoms with Crippen molar-refractivity contribution in [1.29, 1.82) is 0 Å². The van der Waals surface area contributed by atoms with Gasteiger partial charge in [0.15, 0.2) is 16.5 Å². The summed E-state index contributed by atoms with van der Waals surface area (Å²) in [4.78, 5) is 29.0. The fourth-order valence-corrected chi connectivity index (χ4v) is 6.58. The van der Waals surface area contributed by atoms with E-state index < -0.39 is 21.5 Å². The maximum Gasteiger partial charge on any atom is 0.279 e. The molecule has 2 aromatic heterocycles. The second-order valence-electron chi connectivity index (χ2n) is 11.4. The summed E-state index contributed by atoms with van der Waals surface area (Å²) in [6.45, 7) is 6.12. The van der Waals surface area contributed by atoms with E-state index in [4.69, 9.17) is 4.98 Å². The van der Waals surface area contributed by atoms with Gasteiger partial charge >= 0.3 is 0 Å². The number of nitrogens with one attached hydrogen (secondary N) is 2. The molecular formula is C26H37N7O4S. The predicted octanol–water partition coefficient (Wildman–Crippen LogP) is 2.86. The van der Waals surface area contributed by atoms with Gasteiger partial charge in [-0.15, -0.1) is 0 Å². The molecule has 1 spiro atoms. The van der Waals surface area contributed by atoms with E-state index in [0.29, 0.717) is 30.1 Å². The fourth-order valence-electron chi connectivity index (χ4n) is 5.12. The second-order valence-corrected chi connectivity index (χ2v) is 13.2. The van der Waals surface area contributed by atoms with Gasteiger partial charge in [-0.1, -0.05) is 12.5 Å². The van der Waals surface area contributed by atoms with Crippen LogP contribution in [0.3, 0.4) is 0 Å². The monoisotopic (exact) mass is 543 g/mol. The first kappa shape index (κ1) is 26.8. The first-order valence-electron chi connectivity index (χ1n) is 13.4. The number of sulfonamides is 1. The van der Waals surface area contributed by atoms with E-state index in [9.17, 15) is 18.3 Å². The number of aliphatic hydroxyl groups is 1. The minimum Gasteiger partial charge on any atom is -0.394 e. The summed E-state index contributed by atoms with van der Waals surface area (Å²) >= 11 is 0. The quantitative estimate of drug-likeness (QED) is 0.458. The zero-order chi connectivity index (χ0) is 27.0. The highest BCUT2D eigenvalue weighted by molar-refractivity contribution is 7.89. The normalized spacial score (nSPS) is 19.8. The molecule has 3 N–H and O–H groups in total. The molecule has 38 heavy (non-hydrogen) atoms. The molecule has 4 heterocycles. The third-order valence-corrected chi connectivity index (χ3v) is 9.60. The first-order chi connectivity index (χ1) is 18.1. The van der Waals surface area contributed by atoms with E-state index in [2.05, 4.69) is 25.5 Å². The molecule has 3 aliphatic rings. The smallest absolute Gasteiger partial charge is 0.279 e. The number of pyridine rings is 1. The van der Waals surface area contributed by atoms with E-state index in [1.165, 1.54) is 29.4 Å². The van der Waals surface area contributed by atoms with Crippen molar-refractivity contribution in [3.63, 3.8) is 0 Å². The van der Waals surface area contributed by atoms with Gasteiger partial charge in [-0.3, -0.25) is 4.79 Å². The molecule has 0 unspecified atom stereocenters. The lowest BCUT2D eigenvalue weighted by Gasteiger charge is -2.34. The largest absolute Gasteiger partial charge is 0.394 e. The Kier molecular flexibility index (Phi) is 7.31. The van der Waals surface area contributed by atoms with Crippen molar-refractivity contribution in [3.8, 4) is 0 Å². The van der Waals surface area contributed by atoms with Crippen molar-refractivity contribution in [2.45, 2.75) is 69.4 Å². The standard InChI is InChI=1S/C26H37N7O4S/c1-25(2,18-34)31-20-17-27-22(23(29-20)32-15-11-26(9-10-26)12-16-32)24(35)30-19-7-6-8-21(28-19)38(36,37)33-13-4-3-5-14-33/h6-8,17,34H,3-5,9-16,18H2,1-2H3,(H,29,31)(H,28,30,35). The molecule has 11 nitrogen and oxygen atoms in total. The summed E-state index contributed by atoms with van der Waals surface area (Å²) in [6.07, 6.45) is 8.77. The fraction of sp³-hybridized carbons (Fsp3) is 0.615. The molecule has 1 amide bonds. The number of piperidine rings is 2. The Bertz CT molecular complexity index is 1280. The average molecular weight is 544 g/mol. The number of rotatable bonds is 8. The van der Waals surface area contributed by atoms with E-state index in [1.54, 1.807) is 12.1 Å². The van der Waals surface area contributed by atoms with E-state index in [-0.39, 0.29) is 23.1 Å². The lowest BCUT2D eigenvalue weighted by molar-refractivity contribution is 0.102. The van der Waals surface area contributed by atoms with Crippen LogP contribution in [-0.4, -0.2) is 77.0 Å². The SMILES string of the molecule is CC(C)(CO)Nc1cnc(C(=O)Nc2cccc(S(=O)(=O)N3CCCCC3)n2)c(N2CCC3(CC2)CC3)n1. The highest BCUT2D eigenvalue weighted by Gasteiger charge is 2.45. The molecule has 0 radical (unpaired) electrons. The van der Waals surface area contributed by atoms with Crippen molar-refractivity contribution >= 4 is 33.4 Å². The molecule has 2 aliphatic heterocycles. The van der Waals surface area contributed by atoms with Gasteiger partial charge in [0.05, 0.1) is 18.3 Å². The number of carbonyl (C=O) groups is 1. The van der Waals surface area contributed by atoms with Gasteiger partial charge in [0, 0.05) is 26.2 Å². The third kappa shape index (κ3) is 5.76. The van der Waals surface area contributed by atoms with Gasteiger partial charge in [-0.25, -0.2) is 23.4 Å². The van der Waals surface area contributed by atoms with Gasteiger partial charge < -0.3 is 20.6 Å². The Morgan fingerprint density at radius 1 is 1.03 bits per heavy atom. The van der Waals surface area contributed by atoms with Crippen LogP contribution in [0.4, 0.5) is 17.5 Å². The average Bonchev–Trinajstić information content (AvgIpc) is 3.68. The Morgan fingerprint density at radius 2 is 1.74 bits per heavy atom. The third-order valence-electron chi connectivity index (χ3n) is 7.80. The van der Waals surface area contributed by atoms with Gasteiger partial charge in [0.2, 0.25) is 0 Å². The molecule has 1 aliphatic carbocycles. The summed E-state index contributed by atoms with van der Waals surface area (Å²) < 4.78 is 27.6. The van der Waals surface area contributed by atoms with Crippen LogP contribution in [0.5, 0.6) is 0 Å². The highest BCUT2D eigenvalue weighted by atomic mass is 32.2. The van der Waals surface area contributed by atoms with E-state index in [1.807, 2.05) is 13.8 Å². The van der Waals surface area contributed by atoms with E-state index in [0.717, 1.165) is 45.2 Å². The lowest BCUT2D eigenvalue weighted by Crippen LogP contribution is -2.38. The number of carbonyl (C=O) groups excluding carboxylic acids is 1. The van der Waals surface area contributed by atoms with Crippen LogP contribution in [0, 0.1) is 5.41 Å². The van der Waals surface area contributed by atoms with E-state index >= 15 is 0 Å². The first-order valence-corrected chi connectivity index (χ1v) is 14.8. The molecular weight excluding hydrogens is 506 g/mol. The van der Waals surface area contributed by atoms with Crippen LogP contribution in [0.2, 0.25) is 0 Å². The predicted molar refractivity (Wildman–Crippen MR) is 145 cm³/mol. The number of aliphatic hydroxyl groups excluding tert-OH is 1. The van der Waals surface area contributed by atoms with Gasteiger partial charge in [0.25, 0.3) is 15.9 Å². The van der Waals surface area contributed by atoms with Crippen LogP contribution < -0.4 is 15.5 Å². The Balaban J connectivity index is 1.39. The zero-order valence-corrected chi connectivity index (χ0v) is 22.9. The van der Waals surface area contributed by atoms with Gasteiger partial charge in [0.1, 0.15) is 11.6 Å². The van der Waals surface area contributed by atoms with Crippen molar-refractivity contribution in [1.82, 2.24) is 19.3 Å². The summed E-state index contributed by atoms with van der Waals surface area (Å²) in [5.41, 5.74) is -0.0132. The summed E-state index contributed by atoms with van der Waals surface area (Å²) in [7, 11) is -3.73. The maximum absolute atomic E-state index is 13.4. The number of amides is 1. The number of anilines is 3. The molecule has 3 fully saturated rings. The van der Waals surface area contributed by atoms with Crippen molar-refractivity contribution in [2.24, 2.45) is 5.41 Å². The van der Waals surface area contributed by atoms with Crippen LogP contribution in [0.25, 0.3) is 0 Å². The molecule has 1 saturated carbocycles. The zero-order valence-electron chi connectivity index (χ0n) is 22.1. The molecule has 2 aromatic rings. The lowest BCUT2D eigenvalue weighted by atomic mass is 9.93. The number of aromatic nitrogens is 3. The second kappa shape index (κ2) is 10.4. The molecule has 0 atom stereocenters. The van der Waals surface area contributed by atoms with Crippen LogP contribution in [0.15, 0.2) is 29.4 Å². The topological polar surface area (TPSA) is 141 Å². The maximum atomic E-state index is 13.4. The van der Waals surface area contributed by atoms with Crippen molar-refractivity contribution < 1.29 is 18.3 Å². The van der Waals surface area contributed by atoms with Crippen LogP contribution in [0.1, 0.15) is 69.3 Å². The van der Waals surface area contributed by atoms with Crippen LogP contribution >= 0.6 is 0 Å². The number of nitrogens with zero attached hydrogens (tertiary/aromatic N) is 5. The molecule has 0 aromatic carbocycles. The Labute approximate surface area is 224 Å². The molecule has 5 rings (SSSR count). The molecule has 2 saturated heterocycles. The Morgan fingerprint density at radius 3 is 2.39 bits per heavy atom. The number of hydrogen-bond acceptors (Lipinski definition) is 9. The summed E-state index contributed by atoms with van der Waals surface area (Å²) in [5, 5.41) is 15.5. The molecule has 206 valence electrons. The molecule has 12 heteroatoms. The van der Waals surface area contributed by atoms with Gasteiger partial charge in [-0.05, 0) is 69.9 Å². The summed E-state index contributed by atoms with van der Waals surface area (Å²) in [6, 6.07) is 4.60.